The molecule has 2 heterocycles. The number of nitrogens with one attached hydrogen (secondary N) is 2. The van der Waals surface area contributed by atoms with Crippen LogP contribution in [-0.2, 0) is 11.3 Å². The van der Waals surface area contributed by atoms with Crippen LogP contribution in [0.4, 0.5) is 4.79 Å². The van der Waals surface area contributed by atoms with E-state index >= 15 is 0 Å². The summed E-state index contributed by atoms with van der Waals surface area (Å²) in [7, 11) is 0. The molecule has 0 aliphatic carbocycles. The molecule has 170 valence electrons. The molecule has 0 saturated carbocycles. The number of ether oxygens (including phenoxy) is 1. The molecule has 2 aromatic rings. The van der Waals surface area contributed by atoms with E-state index in [0.717, 1.165) is 41.7 Å². The maximum atomic E-state index is 12.0. The third-order valence-corrected chi connectivity index (χ3v) is 5.45. The highest BCUT2D eigenvalue weighted by Crippen LogP contribution is 2.23. The molecule has 1 amide bonds. The van der Waals surface area contributed by atoms with Crippen LogP contribution in [0.15, 0.2) is 40.7 Å². The predicted octanol–water partition coefficient (Wildman–Crippen LogP) is 4.49. The lowest BCUT2D eigenvalue weighted by atomic mass is 10.2. The molecular formula is C22H32IN5O2S. The van der Waals surface area contributed by atoms with E-state index in [1.54, 1.807) is 11.3 Å². The fourth-order valence-electron chi connectivity index (χ4n) is 3.22. The molecule has 0 spiro atoms. The minimum Gasteiger partial charge on any atom is -0.444 e. The van der Waals surface area contributed by atoms with Crippen LogP contribution < -0.4 is 10.6 Å². The summed E-state index contributed by atoms with van der Waals surface area (Å²) in [6, 6.07) is 10.2. The molecule has 1 aromatic carbocycles. The molecule has 9 heteroatoms. The summed E-state index contributed by atoms with van der Waals surface area (Å²) in [5, 5.41) is 9.38. The molecule has 1 atom stereocenters. The van der Waals surface area contributed by atoms with Crippen LogP contribution in [0, 0.1) is 0 Å². The smallest absolute Gasteiger partial charge is 0.407 e. The van der Waals surface area contributed by atoms with E-state index in [-0.39, 0.29) is 36.1 Å². The number of nitrogens with zero attached hydrogens (tertiary/aromatic N) is 3. The second kappa shape index (κ2) is 11.7. The van der Waals surface area contributed by atoms with Gasteiger partial charge in [0.1, 0.15) is 10.6 Å². The van der Waals surface area contributed by atoms with E-state index in [4.69, 9.17) is 14.7 Å². The van der Waals surface area contributed by atoms with Gasteiger partial charge in [0.05, 0.1) is 18.3 Å². The van der Waals surface area contributed by atoms with E-state index in [1.807, 2.05) is 39.0 Å². The van der Waals surface area contributed by atoms with Gasteiger partial charge < -0.3 is 20.3 Å². The third-order valence-electron chi connectivity index (χ3n) is 4.51. The minimum atomic E-state index is -0.495. The van der Waals surface area contributed by atoms with Gasteiger partial charge in [0.2, 0.25) is 0 Å². The highest BCUT2D eigenvalue weighted by molar-refractivity contribution is 14.0. The lowest BCUT2D eigenvalue weighted by Crippen LogP contribution is -2.44. The van der Waals surface area contributed by atoms with Crippen molar-refractivity contribution in [2.24, 2.45) is 4.99 Å². The number of thiazole rings is 1. The van der Waals surface area contributed by atoms with Crippen molar-refractivity contribution in [1.82, 2.24) is 20.5 Å². The van der Waals surface area contributed by atoms with Crippen molar-refractivity contribution in [1.29, 1.82) is 0 Å². The van der Waals surface area contributed by atoms with Crippen LogP contribution in [-0.4, -0.2) is 53.2 Å². The number of aliphatic imine (C=N–C) groups is 1. The van der Waals surface area contributed by atoms with E-state index < -0.39 is 5.60 Å². The van der Waals surface area contributed by atoms with Crippen molar-refractivity contribution in [2.75, 3.05) is 19.6 Å². The van der Waals surface area contributed by atoms with Crippen LogP contribution in [0.25, 0.3) is 10.6 Å². The molecular weight excluding hydrogens is 525 g/mol. The van der Waals surface area contributed by atoms with Gasteiger partial charge in [-0.15, -0.1) is 35.3 Å². The number of guanidine groups is 1. The topological polar surface area (TPSA) is 78.9 Å². The van der Waals surface area contributed by atoms with E-state index in [1.165, 1.54) is 0 Å². The molecule has 1 saturated heterocycles. The lowest BCUT2D eigenvalue weighted by Gasteiger charge is -2.23. The summed E-state index contributed by atoms with van der Waals surface area (Å²) >= 11 is 1.64. The normalized spacial score (nSPS) is 16.6. The average molecular weight is 558 g/mol. The lowest BCUT2D eigenvalue weighted by molar-refractivity contribution is 0.0507. The van der Waals surface area contributed by atoms with E-state index in [9.17, 15) is 4.79 Å². The number of hydrogen-bond donors (Lipinski definition) is 2. The van der Waals surface area contributed by atoms with Gasteiger partial charge in [-0.1, -0.05) is 30.3 Å². The van der Waals surface area contributed by atoms with E-state index in [2.05, 4.69) is 40.0 Å². The van der Waals surface area contributed by atoms with Crippen molar-refractivity contribution < 1.29 is 9.53 Å². The zero-order valence-electron chi connectivity index (χ0n) is 18.6. The largest absolute Gasteiger partial charge is 0.444 e. The number of likely N-dealkylation sites (tertiary alicyclic amines) is 1. The Morgan fingerprint density at radius 3 is 2.74 bits per heavy atom. The Morgan fingerprint density at radius 2 is 2.06 bits per heavy atom. The number of carbonyl (C=O) groups excluding carboxylic acids is 1. The molecule has 7 nitrogen and oxygen atoms in total. The van der Waals surface area contributed by atoms with Crippen LogP contribution >= 0.6 is 35.3 Å². The SMILES string of the molecule is CCNC(=NCc1csc(-c2ccccc2)n1)N1CCC(NC(=O)OC(C)(C)C)C1.I. The van der Waals surface area contributed by atoms with Crippen molar-refractivity contribution in [3.05, 3.63) is 41.4 Å². The predicted molar refractivity (Wildman–Crippen MR) is 137 cm³/mol. The Labute approximate surface area is 205 Å². The summed E-state index contributed by atoms with van der Waals surface area (Å²) in [5.74, 6) is 0.847. The third kappa shape index (κ3) is 7.95. The fourth-order valence-corrected chi connectivity index (χ4v) is 4.04. The van der Waals surface area contributed by atoms with Crippen LogP contribution in [0.1, 0.15) is 39.8 Å². The second-order valence-electron chi connectivity index (χ2n) is 8.26. The monoisotopic (exact) mass is 557 g/mol. The number of alkyl carbamates (subject to hydrolysis) is 1. The Morgan fingerprint density at radius 1 is 1.32 bits per heavy atom. The van der Waals surface area contributed by atoms with Gasteiger partial charge in [0, 0.05) is 30.6 Å². The highest BCUT2D eigenvalue weighted by atomic mass is 127. The summed E-state index contributed by atoms with van der Waals surface area (Å²) in [5.41, 5.74) is 1.59. The summed E-state index contributed by atoms with van der Waals surface area (Å²) in [4.78, 5) is 23.7. The molecule has 2 N–H and O–H groups in total. The Balaban J connectivity index is 0.00000341. The maximum Gasteiger partial charge on any atom is 0.407 e. The Hall–Kier alpha value is -1.88. The van der Waals surface area contributed by atoms with Gasteiger partial charge >= 0.3 is 6.09 Å². The van der Waals surface area contributed by atoms with Crippen molar-refractivity contribution in [2.45, 2.75) is 52.3 Å². The minimum absolute atomic E-state index is 0. The van der Waals surface area contributed by atoms with Gasteiger partial charge in [-0.25, -0.2) is 14.8 Å². The molecule has 3 rings (SSSR count). The fraction of sp³-hybridized carbons (Fsp3) is 0.500. The molecule has 1 aliphatic heterocycles. The van der Waals surface area contributed by atoms with Gasteiger partial charge in [-0.05, 0) is 34.1 Å². The van der Waals surface area contributed by atoms with Crippen LogP contribution in [0.2, 0.25) is 0 Å². The molecule has 0 radical (unpaired) electrons. The van der Waals surface area contributed by atoms with Gasteiger partial charge in [0.25, 0.3) is 0 Å². The second-order valence-corrected chi connectivity index (χ2v) is 9.12. The number of benzene rings is 1. The number of halogens is 1. The number of hydrogen-bond acceptors (Lipinski definition) is 5. The van der Waals surface area contributed by atoms with E-state index in [0.29, 0.717) is 13.1 Å². The average Bonchev–Trinajstić information content (AvgIpc) is 3.34. The molecule has 1 aromatic heterocycles. The Bertz CT molecular complexity index is 866. The first-order chi connectivity index (χ1) is 14.3. The Kier molecular flexibility index (Phi) is 9.54. The number of rotatable bonds is 5. The summed E-state index contributed by atoms with van der Waals surface area (Å²) in [6.45, 7) is 10.5. The number of carbonyl (C=O) groups is 1. The maximum absolute atomic E-state index is 12.0. The molecule has 1 aliphatic rings. The number of amides is 1. The quantitative estimate of drug-likeness (QED) is 0.322. The van der Waals surface area contributed by atoms with Crippen molar-refractivity contribution in [3.8, 4) is 10.6 Å². The zero-order valence-corrected chi connectivity index (χ0v) is 21.7. The van der Waals surface area contributed by atoms with Crippen LogP contribution in [0.3, 0.4) is 0 Å². The molecule has 31 heavy (non-hydrogen) atoms. The standard InChI is InChI=1S/C22H31N5O2S.HI/c1-5-23-20(27-12-11-17(14-27)26-21(28)29-22(2,3)4)24-13-18-15-30-19(25-18)16-9-7-6-8-10-16;/h6-10,15,17H,5,11-14H2,1-4H3,(H,23,24)(H,26,28);1H. The first-order valence-corrected chi connectivity index (χ1v) is 11.2. The van der Waals surface area contributed by atoms with Crippen molar-refractivity contribution in [3.63, 3.8) is 0 Å². The van der Waals surface area contributed by atoms with Crippen LogP contribution in [0.5, 0.6) is 0 Å². The van der Waals surface area contributed by atoms with Crippen molar-refractivity contribution >= 4 is 47.4 Å². The molecule has 0 bridgehead atoms. The van der Waals surface area contributed by atoms with Gasteiger partial charge in [-0.2, -0.15) is 0 Å². The molecule has 1 unspecified atom stereocenters. The summed E-state index contributed by atoms with van der Waals surface area (Å²) < 4.78 is 5.37. The van der Waals surface area contributed by atoms with Gasteiger partial charge in [-0.3, -0.25) is 0 Å². The summed E-state index contributed by atoms with van der Waals surface area (Å²) in [6.07, 6.45) is 0.491. The van der Waals surface area contributed by atoms with Gasteiger partial charge in [0.15, 0.2) is 5.96 Å². The zero-order chi connectivity index (χ0) is 21.6. The number of aromatic nitrogens is 1. The first-order valence-electron chi connectivity index (χ1n) is 10.4. The highest BCUT2D eigenvalue weighted by Gasteiger charge is 2.27. The molecule has 1 fully saturated rings. The first kappa shape index (κ1) is 25.4.